The maximum absolute atomic E-state index is 13.6. The third kappa shape index (κ3) is 5.17. The van der Waals surface area contributed by atoms with Crippen LogP contribution >= 0.6 is 11.8 Å². The van der Waals surface area contributed by atoms with Gasteiger partial charge in [-0.2, -0.15) is 0 Å². The van der Waals surface area contributed by atoms with E-state index >= 15 is 0 Å². The zero-order chi connectivity index (χ0) is 27.8. The van der Waals surface area contributed by atoms with Gasteiger partial charge in [-0.15, -0.1) is 0 Å². The Balaban J connectivity index is 1.23. The van der Waals surface area contributed by atoms with Crippen LogP contribution in [0, 0.1) is 12.8 Å². The number of aryl methyl sites for hydroxylation is 1. The average molecular weight is 562 g/mol. The van der Waals surface area contributed by atoms with Gasteiger partial charge < -0.3 is 26.0 Å². The Bertz CT molecular complexity index is 1350. The number of anilines is 1. The summed E-state index contributed by atoms with van der Waals surface area (Å²) >= 11 is 1.50. The summed E-state index contributed by atoms with van der Waals surface area (Å²) in [5, 5.41) is 12.8. The Morgan fingerprint density at radius 2 is 1.75 bits per heavy atom. The molecule has 1 aliphatic carbocycles. The Hall–Kier alpha value is -3.50. The molecule has 6 rings (SSSR count). The molecule has 2 aromatic rings. The molecule has 3 fully saturated rings. The van der Waals surface area contributed by atoms with Gasteiger partial charge >= 0.3 is 6.03 Å². The molecule has 210 valence electrons. The first-order chi connectivity index (χ1) is 19.4. The molecule has 2 saturated heterocycles. The molecular weight excluding hydrogens is 526 g/mol. The Labute approximate surface area is 238 Å². The number of benzene rings is 2. The van der Waals surface area contributed by atoms with Gasteiger partial charge in [-0.25, -0.2) is 4.79 Å². The van der Waals surface area contributed by atoms with Crippen molar-refractivity contribution >= 4 is 35.3 Å². The molecule has 5 atom stereocenters. The Morgan fingerprint density at radius 1 is 1.00 bits per heavy atom. The summed E-state index contributed by atoms with van der Waals surface area (Å²) in [6.45, 7) is 4.25. The summed E-state index contributed by atoms with van der Waals surface area (Å²) in [6, 6.07) is 14.9. The SMILES string of the molecule is CC(=O)N[C@@H]1CCCC[C@@H]1NC(=O)C1=C2NC(=O)N(c3ccc(Oc4ccccc4)cc3C)C3CCNC(S1)C23. The van der Waals surface area contributed by atoms with E-state index in [1.807, 2.05) is 60.4 Å². The van der Waals surface area contributed by atoms with Crippen LogP contribution in [0.25, 0.3) is 0 Å². The van der Waals surface area contributed by atoms with Crippen LogP contribution in [0.4, 0.5) is 10.5 Å². The first kappa shape index (κ1) is 26.7. The van der Waals surface area contributed by atoms with Crippen LogP contribution in [0.15, 0.2) is 59.1 Å². The van der Waals surface area contributed by atoms with Crippen LogP contribution in [0.2, 0.25) is 0 Å². The zero-order valence-electron chi connectivity index (χ0n) is 22.7. The summed E-state index contributed by atoms with van der Waals surface area (Å²) in [7, 11) is 0. The number of thioether (sulfide) groups is 1. The number of hydrogen-bond acceptors (Lipinski definition) is 6. The van der Waals surface area contributed by atoms with Crippen LogP contribution in [0.1, 0.15) is 44.6 Å². The van der Waals surface area contributed by atoms with Crippen molar-refractivity contribution in [2.24, 2.45) is 5.92 Å². The topological polar surface area (TPSA) is 112 Å². The standard InChI is InChI=1S/C30H35N5O4S/c1-17-16-20(39-19-8-4-3-5-9-19)12-13-23(17)35-24-14-15-31-29-25(24)26(34-30(35)38)27(40-29)28(37)33-22-11-7-6-10-21(22)32-18(2)36/h3-5,8-9,12-13,16,21-22,24-25,29,31H,6-7,10-11,14-15H2,1-2H3,(H,32,36)(H,33,37)(H,34,38)/t21-,22+,24?,25?,29?/m1/s1. The molecule has 0 aromatic heterocycles. The number of nitrogens with zero attached hydrogens (tertiary/aromatic N) is 1. The van der Waals surface area contributed by atoms with Crippen LogP contribution < -0.4 is 30.9 Å². The van der Waals surface area contributed by atoms with E-state index < -0.39 is 0 Å². The van der Waals surface area contributed by atoms with E-state index in [4.69, 9.17) is 4.74 Å². The van der Waals surface area contributed by atoms with Crippen molar-refractivity contribution in [3.05, 3.63) is 64.7 Å². The van der Waals surface area contributed by atoms with Crippen molar-refractivity contribution < 1.29 is 19.1 Å². The number of rotatable bonds is 6. The number of urea groups is 1. The third-order valence-electron chi connectivity index (χ3n) is 8.23. The molecule has 3 unspecified atom stereocenters. The average Bonchev–Trinajstić information content (AvgIpc) is 3.30. The maximum atomic E-state index is 13.6. The number of carbonyl (C=O) groups excluding carboxylic acids is 3. The van der Waals surface area contributed by atoms with Crippen LogP contribution in [-0.4, -0.2) is 47.9 Å². The van der Waals surface area contributed by atoms with Gasteiger partial charge in [0.05, 0.1) is 16.3 Å². The summed E-state index contributed by atoms with van der Waals surface area (Å²) in [6.07, 6.45) is 4.48. The van der Waals surface area contributed by atoms with E-state index in [1.54, 1.807) is 0 Å². The zero-order valence-corrected chi connectivity index (χ0v) is 23.6. The smallest absolute Gasteiger partial charge is 0.326 e. The Morgan fingerprint density at radius 3 is 2.48 bits per heavy atom. The number of nitrogens with one attached hydrogen (secondary N) is 4. The van der Waals surface area contributed by atoms with Crippen LogP contribution in [-0.2, 0) is 9.59 Å². The van der Waals surface area contributed by atoms with E-state index in [0.717, 1.165) is 55.6 Å². The van der Waals surface area contributed by atoms with E-state index in [0.29, 0.717) is 16.4 Å². The minimum absolute atomic E-state index is 0.00362. The lowest BCUT2D eigenvalue weighted by molar-refractivity contribution is -0.121. The first-order valence-electron chi connectivity index (χ1n) is 14.0. The maximum Gasteiger partial charge on any atom is 0.326 e. The molecule has 4 N–H and O–H groups in total. The monoisotopic (exact) mass is 561 g/mol. The molecular formula is C30H35N5O4S. The lowest BCUT2D eigenvalue weighted by atomic mass is 9.86. The highest BCUT2D eigenvalue weighted by Crippen LogP contribution is 2.48. The lowest BCUT2D eigenvalue weighted by Crippen LogP contribution is -2.62. The molecule has 10 heteroatoms. The van der Waals surface area contributed by atoms with Gasteiger partial charge in [0.2, 0.25) is 5.91 Å². The predicted octanol–water partition coefficient (Wildman–Crippen LogP) is 4.14. The Kier molecular flexibility index (Phi) is 7.46. The largest absolute Gasteiger partial charge is 0.457 e. The quantitative estimate of drug-likeness (QED) is 0.422. The van der Waals surface area contributed by atoms with Gasteiger partial charge in [-0.1, -0.05) is 42.8 Å². The fourth-order valence-corrected chi connectivity index (χ4v) is 7.86. The molecule has 2 aromatic carbocycles. The predicted molar refractivity (Wildman–Crippen MR) is 155 cm³/mol. The second-order valence-corrected chi connectivity index (χ2v) is 12.1. The van der Waals surface area contributed by atoms with Crippen molar-refractivity contribution in [1.29, 1.82) is 0 Å². The second-order valence-electron chi connectivity index (χ2n) is 11.0. The van der Waals surface area contributed by atoms with Gasteiger partial charge in [0.15, 0.2) is 0 Å². The summed E-state index contributed by atoms with van der Waals surface area (Å²) in [5.74, 6) is 1.17. The number of amides is 4. The fraction of sp³-hybridized carbons (Fsp3) is 0.433. The molecule has 4 amide bonds. The normalized spacial score (nSPS) is 27.5. The minimum atomic E-state index is -0.224. The summed E-state index contributed by atoms with van der Waals surface area (Å²) in [4.78, 5) is 41.4. The lowest BCUT2D eigenvalue weighted by Gasteiger charge is -2.46. The first-order valence-corrected chi connectivity index (χ1v) is 14.9. The van der Waals surface area contributed by atoms with Crippen molar-refractivity contribution in [3.8, 4) is 11.5 Å². The minimum Gasteiger partial charge on any atom is -0.457 e. The highest BCUT2D eigenvalue weighted by Gasteiger charge is 2.52. The molecule has 4 aliphatic rings. The van der Waals surface area contributed by atoms with E-state index in [9.17, 15) is 14.4 Å². The van der Waals surface area contributed by atoms with Crippen molar-refractivity contribution in [2.45, 2.75) is 69.5 Å². The molecule has 3 heterocycles. The fourth-order valence-electron chi connectivity index (χ4n) is 6.46. The molecule has 0 radical (unpaired) electrons. The molecule has 3 aliphatic heterocycles. The second kappa shape index (κ2) is 11.2. The number of ether oxygens (including phenoxy) is 1. The summed E-state index contributed by atoms with van der Waals surface area (Å²) in [5.41, 5.74) is 2.49. The van der Waals surface area contributed by atoms with Crippen LogP contribution in [0.5, 0.6) is 11.5 Å². The van der Waals surface area contributed by atoms with E-state index in [2.05, 4.69) is 21.3 Å². The van der Waals surface area contributed by atoms with Gasteiger partial charge in [-0.05, 0) is 68.6 Å². The number of para-hydroxylation sites is 1. The van der Waals surface area contributed by atoms with E-state index in [-0.39, 0.29) is 47.3 Å². The van der Waals surface area contributed by atoms with Crippen molar-refractivity contribution in [3.63, 3.8) is 0 Å². The highest BCUT2D eigenvalue weighted by atomic mass is 32.2. The number of piperidine rings is 1. The molecule has 9 nitrogen and oxygen atoms in total. The summed E-state index contributed by atoms with van der Waals surface area (Å²) < 4.78 is 6.00. The molecule has 40 heavy (non-hydrogen) atoms. The van der Waals surface area contributed by atoms with Crippen LogP contribution in [0.3, 0.4) is 0 Å². The van der Waals surface area contributed by atoms with Gasteiger partial charge in [0, 0.05) is 36.3 Å². The molecule has 0 spiro atoms. The van der Waals surface area contributed by atoms with Gasteiger partial charge in [0.25, 0.3) is 5.91 Å². The molecule has 1 saturated carbocycles. The third-order valence-corrected chi connectivity index (χ3v) is 9.58. The number of hydrogen-bond donors (Lipinski definition) is 4. The van der Waals surface area contributed by atoms with E-state index in [1.165, 1.54) is 18.7 Å². The van der Waals surface area contributed by atoms with Crippen molar-refractivity contribution in [2.75, 3.05) is 11.4 Å². The number of carbonyl (C=O) groups is 3. The van der Waals surface area contributed by atoms with Crippen molar-refractivity contribution in [1.82, 2.24) is 21.3 Å². The highest BCUT2D eigenvalue weighted by molar-refractivity contribution is 8.04. The molecule has 0 bridgehead atoms. The van der Waals surface area contributed by atoms with Gasteiger partial charge in [0.1, 0.15) is 11.5 Å². The van der Waals surface area contributed by atoms with Gasteiger partial charge in [-0.3, -0.25) is 14.5 Å².